The van der Waals surface area contributed by atoms with E-state index in [-0.39, 0.29) is 24.7 Å². The lowest BCUT2D eigenvalue weighted by Gasteiger charge is -2.41. The van der Waals surface area contributed by atoms with E-state index < -0.39 is 84.6 Å². The molecule has 7 amide bonds. The van der Waals surface area contributed by atoms with Crippen molar-refractivity contribution in [2.75, 3.05) is 33.7 Å². The Morgan fingerprint density at radius 2 is 1.43 bits per heavy atom. The molecular formula is C38H54N8O7. The fraction of sp³-hybridized carbons (Fsp3) is 0.579. The molecule has 2 aliphatic rings. The van der Waals surface area contributed by atoms with Gasteiger partial charge in [-0.1, -0.05) is 52.0 Å². The van der Waals surface area contributed by atoms with Gasteiger partial charge in [-0.15, -0.1) is 0 Å². The molecule has 0 saturated carbocycles. The number of hydrogen-bond donors (Lipinski definition) is 4. The Hall–Kier alpha value is -5.08. The molecule has 4 rings (SSSR count). The van der Waals surface area contributed by atoms with Gasteiger partial charge in [-0.2, -0.15) is 0 Å². The minimum Gasteiger partial charge on any atom is -0.345 e. The molecule has 5 unspecified atom stereocenters. The summed E-state index contributed by atoms with van der Waals surface area (Å²) >= 11 is 0. The van der Waals surface area contributed by atoms with Crippen molar-refractivity contribution in [1.82, 2.24) is 41.0 Å². The van der Waals surface area contributed by atoms with Gasteiger partial charge in [-0.05, 0) is 55.9 Å². The van der Waals surface area contributed by atoms with E-state index in [1.54, 1.807) is 6.20 Å². The first-order valence-electron chi connectivity index (χ1n) is 18.4. The maximum Gasteiger partial charge on any atom is 0.246 e. The topological polar surface area (TPSA) is 190 Å². The van der Waals surface area contributed by atoms with Gasteiger partial charge in [-0.3, -0.25) is 38.5 Å². The zero-order chi connectivity index (χ0) is 39.0. The molecule has 1 aromatic carbocycles. The largest absolute Gasteiger partial charge is 0.345 e. The standard InChI is InChI=1S/C38H54N8O7/c1-22(2)15-30-36(51)43-28(18-27-17-25-11-8-9-12-26(25)19-39-27)34(49)42-24(5)37(52)45(7)29-13-10-14-46(38(29)53)31(16-23(3)4)35(50)41-20-32(47)40-21-33(48)44(30)6/h8-9,11-12,17,19,22-24,28-31H,10,13-16,18,20-21H2,1-7H3,(H,40,47)(H,41,50)(H,42,49)(H,43,51). The molecule has 3 heterocycles. The predicted molar refractivity (Wildman–Crippen MR) is 198 cm³/mol. The fourth-order valence-corrected chi connectivity index (χ4v) is 6.84. The maximum atomic E-state index is 14.0. The van der Waals surface area contributed by atoms with Crippen LogP contribution in [0.5, 0.6) is 0 Å². The number of fused-ring (bicyclic) bond motifs is 3. The molecule has 2 aliphatic heterocycles. The van der Waals surface area contributed by atoms with Crippen molar-refractivity contribution in [2.45, 2.75) is 96.9 Å². The molecule has 15 heteroatoms. The molecule has 0 spiro atoms. The summed E-state index contributed by atoms with van der Waals surface area (Å²) in [6, 6.07) is 4.36. The van der Waals surface area contributed by atoms with Crippen LogP contribution in [0, 0.1) is 11.8 Å². The van der Waals surface area contributed by atoms with Gasteiger partial charge < -0.3 is 36.0 Å². The predicted octanol–water partition coefficient (Wildman–Crippen LogP) is 0.750. The third-order valence-electron chi connectivity index (χ3n) is 9.81. The summed E-state index contributed by atoms with van der Waals surface area (Å²) < 4.78 is 0. The molecule has 1 aromatic heterocycles. The van der Waals surface area contributed by atoms with Crippen molar-refractivity contribution >= 4 is 52.1 Å². The van der Waals surface area contributed by atoms with Crippen molar-refractivity contribution in [3.05, 3.63) is 42.2 Å². The van der Waals surface area contributed by atoms with Crippen molar-refractivity contribution < 1.29 is 33.6 Å². The number of benzene rings is 1. The zero-order valence-corrected chi connectivity index (χ0v) is 31.8. The van der Waals surface area contributed by atoms with Crippen LogP contribution in [0.1, 0.15) is 66.0 Å². The number of carbonyl (C=O) groups is 7. The number of amides is 7. The molecule has 2 aromatic rings. The molecule has 2 bridgehead atoms. The monoisotopic (exact) mass is 734 g/mol. The van der Waals surface area contributed by atoms with Crippen LogP contribution in [0.25, 0.3) is 10.8 Å². The number of nitrogens with zero attached hydrogens (tertiary/aromatic N) is 4. The number of aromatic nitrogens is 1. The Labute approximate surface area is 311 Å². The Bertz CT molecular complexity index is 1700. The third-order valence-corrected chi connectivity index (χ3v) is 9.81. The average molecular weight is 735 g/mol. The average Bonchev–Trinajstić information content (AvgIpc) is 3.12. The fourth-order valence-electron chi connectivity index (χ4n) is 6.84. The Kier molecular flexibility index (Phi) is 13.9. The van der Waals surface area contributed by atoms with Crippen LogP contribution < -0.4 is 21.3 Å². The molecule has 2 fully saturated rings. The summed E-state index contributed by atoms with van der Waals surface area (Å²) in [5.41, 5.74) is 0.519. The zero-order valence-electron chi connectivity index (χ0n) is 31.8. The number of nitrogens with one attached hydrogen (secondary N) is 4. The van der Waals surface area contributed by atoms with Crippen LogP contribution >= 0.6 is 0 Å². The van der Waals surface area contributed by atoms with Gasteiger partial charge in [0.1, 0.15) is 30.2 Å². The number of piperidine rings is 1. The van der Waals surface area contributed by atoms with Crippen LogP contribution in [-0.4, -0.2) is 125 Å². The van der Waals surface area contributed by atoms with E-state index in [2.05, 4.69) is 26.3 Å². The number of pyridine rings is 1. The van der Waals surface area contributed by atoms with E-state index in [1.165, 1.54) is 35.7 Å². The van der Waals surface area contributed by atoms with Crippen molar-refractivity contribution in [3.63, 3.8) is 0 Å². The summed E-state index contributed by atoms with van der Waals surface area (Å²) in [4.78, 5) is 104. The minimum atomic E-state index is -1.19. The maximum absolute atomic E-state index is 14.0. The van der Waals surface area contributed by atoms with E-state index in [0.29, 0.717) is 31.5 Å². The first kappa shape index (κ1) is 40.7. The molecule has 288 valence electrons. The second-order valence-electron chi connectivity index (χ2n) is 14.9. The van der Waals surface area contributed by atoms with Crippen LogP contribution in [0.15, 0.2) is 36.5 Å². The van der Waals surface area contributed by atoms with Crippen molar-refractivity contribution in [1.29, 1.82) is 0 Å². The van der Waals surface area contributed by atoms with Gasteiger partial charge >= 0.3 is 0 Å². The summed E-state index contributed by atoms with van der Waals surface area (Å²) in [5, 5.41) is 12.5. The van der Waals surface area contributed by atoms with Gasteiger partial charge in [0, 0.05) is 44.3 Å². The van der Waals surface area contributed by atoms with E-state index in [1.807, 2.05) is 58.0 Å². The van der Waals surface area contributed by atoms with E-state index in [0.717, 1.165) is 10.8 Å². The lowest BCUT2D eigenvalue weighted by molar-refractivity contribution is -0.153. The first-order valence-corrected chi connectivity index (χ1v) is 18.4. The lowest BCUT2D eigenvalue weighted by atomic mass is 9.96. The van der Waals surface area contributed by atoms with Crippen LogP contribution in [0.3, 0.4) is 0 Å². The normalized spacial score (nSPS) is 24.9. The Balaban J connectivity index is 1.70. The van der Waals surface area contributed by atoms with Gasteiger partial charge in [0.15, 0.2) is 0 Å². The highest BCUT2D eigenvalue weighted by Crippen LogP contribution is 2.23. The van der Waals surface area contributed by atoms with Gasteiger partial charge in [0.2, 0.25) is 41.4 Å². The third kappa shape index (κ3) is 10.5. The molecule has 2 saturated heterocycles. The number of likely N-dealkylation sites (N-methyl/N-ethyl adjacent to an activating group) is 2. The molecule has 0 radical (unpaired) electrons. The van der Waals surface area contributed by atoms with Crippen LogP contribution in [0.4, 0.5) is 0 Å². The summed E-state index contributed by atoms with van der Waals surface area (Å²) in [6.07, 6.45) is 3.13. The second-order valence-corrected chi connectivity index (χ2v) is 14.9. The van der Waals surface area contributed by atoms with Crippen molar-refractivity contribution in [2.24, 2.45) is 11.8 Å². The SMILES string of the molecule is CC(C)CC1C(=O)NC(Cc2cc3ccccc3cn2)C(=O)NC(C)C(=O)N(C)C2CCCN(C2=O)C(CC(C)C)C(=O)NCC(=O)NCC(=O)N1C. The lowest BCUT2D eigenvalue weighted by Crippen LogP contribution is -2.61. The smallest absolute Gasteiger partial charge is 0.246 e. The Morgan fingerprint density at radius 1 is 0.774 bits per heavy atom. The van der Waals surface area contributed by atoms with Crippen LogP contribution in [0.2, 0.25) is 0 Å². The molecule has 5 atom stereocenters. The van der Waals surface area contributed by atoms with Gasteiger partial charge in [0.25, 0.3) is 0 Å². The van der Waals surface area contributed by atoms with Crippen molar-refractivity contribution in [3.8, 4) is 0 Å². The minimum absolute atomic E-state index is 0.0182. The highest BCUT2D eigenvalue weighted by Gasteiger charge is 2.41. The number of rotatable bonds is 6. The quantitative estimate of drug-likeness (QED) is 0.335. The second kappa shape index (κ2) is 18.1. The van der Waals surface area contributed by atoms with E-state index >= 15 is 0 Å². The number of hydrogen-bond acceptors (Lipinski definition) is 8. The van der Waals surface area contributed by atoms with E-state index in [4.69, 9.17) is 0 Å². The van der Waals surface area contributed by atoms with Gasteiger partial charge in [0.05, 0.1) is 13.1 Å². The molecule has 0 aliphatic carbocycles. The molecule has 53 heavy (non-hydrogen) atoms. The highest BCUT2D eigenvalue weighted by molar-refractivity contribution is 5.97. The highest BCUT2D eigenvalue weighted by atomic mass is 16.2. The summed E-state index contributed by atoms with van der Waals surface area (Å²) in [5.74, 6) is -3.88. The Morgan fingerprint density at radius 3 is 2.11 bits per heavy atom. The van der Waals surface area contributed by atoms with Gasteiger partial charge in [-0.25, -0.2) is 0 Å². The summed E-state index contributed by atoms with van der Waals surface area (Å²) in [7, 11) is 2.95. The molecular weight excluding hydrogens is 680 g/mol. The first-order chi connectivity index (χ1) is 25.1. The summed E-state index contributed by atoms with van der Waals surface area (Å²) in [6.45, 7) is 8.56. The van der Waals surface area contributed by atoms with E-state index in [9.17, 15) is 33.6 Å². The van der Waals surface area contributed by atoms with Crippen LogP contribution in [-0.2, 0) is 40.0 Å². The molecule has 4 N–H and O–H groups in total. The molecule has 15 nitrogen and oxygen atoms in total. The number of carbonyl (C=O) groups excluding carboxylic acids is 7.